The standard InChI is InChI=1S/C16H17ClN2OS/c1-10-9-21-15(14(10)17)16(20)19-7-6-11-4-2-3-5-12(11)13(19)8-18/h2-5,9,13H,6-8,18H2,1H3. The predicted octanol–water partition coefficient (Wildman–Crippen LogP) is 3.41. The van der Waals surface area contributed by atoms with Gasteiger partial charge in [0.2, 0.25) is 0 Å². The maximum absolute atomic E-state index is 12.8. The van der Waals surface area contributed by atoms with Crippen molar-refractivity contribution in [1.82, 2.24) is 4.90 Å². The van der Waals surface area contributed by atoms with Crippen LogP contribution in [0.1, 0.15) is 32.4 Å². The molecule has 2 N–H and O–H groups in total. The van der Waals surface area contributed by atoms with E-state index in [2.05, 4.69) is 12.1 Å². The van der Waals surface area contributed by atoms with Crippen LogP contribution in [-0.4, -0.2) is 23.9 Å². The molecule has 110 valence electrons. The fourth-order valence-electron chi connectivity index (χ4n) is 2.85. The molecule has 0 aliphatic carbocycles. The van der Waals surface area contributed by atoms with E-state index in [9.17, 15) is 4.79 Å². The van der Waals surface area contributed by atoms with Crippen LogP contribution in [0, 0.1) is 6.92 Å². The van der Waals surface area contributed by atoms with E-state index >= 15 is 0 Å². The van der Waals surface area contributed by atoms with Gasteiger partial charge in [-0.05, 0) is 35.4 Å². The third-order valence-electron chi connectivity index (χ3n) is 3.99. The molecule has 21 heavy (non-hydrogen) atoms. The molecular weight excluding hydrogens is 304 g/mol. The van der Waals surface area contributed by atoms with Gasteiger partial charge in [-0.2, -0.15) is 0 Å². The summed E-state index contributed by atoms with van der Waals surface area (Å²) in [7, 11) is 0. The van der Waals surface area contributed by atoms with Crippen LogP contribution < -0.4 is 5.73 Å². The number of nitrogens with zero attached hydrogens (tertiary/aromatic N) is 1. The van der Waals surface area contributed by atoms with E-state index in [1.54, 1.807) is 0 Å². The number of halogens is 1. The summed E-state index contributed by atoms with van der Waals surface area (Å²) in [5.41, 5.74) is 9.33. The molecule has 0 radical (unpaired) electrons. The first-order valence-corrected chi connectivity index (χ1v) is 8.21. The van der Waals surface area contributed by atoms with E-state index in [1.165, 1.54) is 16.9 Å². The zero-order chi connectivity index (χ0) is 15.0. The molecule has 1 aliphatic heterocycles. The largest absolute Gasteiger partial charge is 0.329 e. The quantitative estimate of drug-likeness (QED) is 0.921. The van der Waals surface area contributed by atoms with Gasteiger partial charge < -0.3 is 10.6 Å². The van der Waals surface area contributed by atoms with Gasteiger partial charge in [0.25, 0.3) is 5.91 Å². The van der Waals surface area contributed by atoms with Crippen LogP contribution in [0.4, 0.5) is 0 Å². The summed E-state index contributed by atoms with van der Waals surface area (Å²) < 4.78 is 0. The Balaban J connectivity index is 1.96. The Morgan fingerprint density at radius 1 is 1.48 bits per heavy atom. The zero-order valence-corrected chi connectivity index (χ0v) is 13.4. The van der Waals surface area contributed by atoms with Crippen LogP contribution in [0.25, 0.3) is 0 Å². The van der Waals surface area contributed by atoms with Crippen molar-refractivity contribution in [2.24, 2.45) is 5.73 Å². The van der Waals surface area contributed by atoms with Crippen molar-refractivity contribution < 1.29 is 4.79 Å². The molecule has 1 unspecified atom stereocenters. The van der Waals surface area contributed by atoms with E-state index in [-0.39, 0.29) is 11.9 Å². The number of amides is 1. The van der Waals surface area contributed by atoms with Crippen molar-refractivity contribution in [1.29, 1.82) is 0 Å². The minimum absolute atomic E-state index is 0.0111. The van der Waals surface area contributed by atoms with Crippen LogP contribution in [-0.2, 0) is 6.42 Å². The maximum Gasteiger partial charge on any atom is 0.266 e. The molecular formula is C16H17ClN2OS. The number of aryl methyl sites for hydroxylation is 1. The summed E-state index contributed by atoms with van der Waals surface area (Å²) in [6, 6.07) is 8.14. The van der Waals surface area contributed by atoms with E-state index < -0.39 is 0 Å². The van der Waals surface area contributed by atoms with Crippen LogP contribution in [0.15, 0.2) is 29.6 Å². The molecule has 0 saturated carbocycles. The predicted molar refractivity (Wildman–Crippen MR) is 87.0 cm³/mol. The first-order chi connectivity index (χ1) is 10.1. The van der Waals surface area contributed by atoms with Crippen LogP contribution in [0.3, 0.4) is 0 Å². The normalized spacial score (nSPS) is 17.7. The minimum atomic E-state index is -0.0686. The number of nitrogens with two attached hydrogens (primary N) is 1. The third-order valence-corrected chi connectivity index (χ3v) is 5.67. The van der Waals surface area contributed by atoms with Crippen LogP contribution >= 0.6 is 22.9 Å². The van der Waals surface area contributed by atoms with Gasteiger partial charge in [0.05, 0.1) is 11.1 Å². The molecule has 1 aromatic carbocycles. The number of hydrogen-bond donors (Lipinski definition) is 1. The molecule has 2 aromatic rings. The van der Waals surface area contributed by atoms with Gasteiger partial charge in [-0.15, -0.1) is 11.3 Å². The van der Waals surface area contributed by atoms with Crippen molar-refractivity contribution in [2.45, 2.75) is 19.4 Å². The summed E-state index contributed by atoms with van der Waals surface area (Å²) in [6.07, 6.45) is 0.861. The van der Waals surface area contributed by atoms with Crippen molar-refractivity contribution >= 4 is 28.8 Å². The molecule has 3 nitrogen and oxygen atoms in total. The zero-order valence-electron chi connectivity index (χ0n) is 11.8. The number of benzene rings is 1. The van der Waals surface area contributed by atoms with Gasteiger partial charge in [0.1, 0.15) is 4.88 Å². The average molecular weight is 321 g/mol. The lowest BCUT2D eigenvalue weighted by molar-refractivity contribution is 0.0673. The Morgan fingerprint density at radius 2 is 2.24 bits per heavy atom. The highest BCUT2D eigenvalue weighted by Crippen LogP contribution is 2.34. The maximum atomic E-state index is 12.8. The second kappa shape index (κ2) is 5.79. The third kappa shape index (κ3) is 2.48. The molecule has 0 saturated heterocycles. The number of rotatable bonds is 2. The second-order valence-electron chi connectivity index (χ2n) is 5.26. The van der Waals surface area contributed by atoms with E-state index in [1.807, 2.05) is 29.3 Å². The second-order valence-corrected chi connectivity index (χ2v) is 6.52. The lowest BCUT2D eigenvalue weighted by atomic mass is 9.92. The summed E-state index contributed by atoms with van der Waals surface area (Å²) in [5.74, 6) is -0.0111. The molecule has 0 spiro atoms. The fourth-order valence-corrected chi connectivity index (χ4v) is 4.08. The lowest BCUT2D eigenvalue weighted by Gasteiger charge is -2.36. The number of thiophene rings is 1. The molecule has 1 amide bonds. The summed E-state index contributed by atoms with van der Waals surface area (Å²) in [6.45, 7) is 3.03. The SMILES string of the molecule is Cc1csc(C(=O)N2CCc3ccccc3C2CN)c1Cl. The molecule has 2 heterocycles. The first-order valence-electron chi connectivity index (χ1n) is 6.96. The van der Waals surface area contributed by atoms with Gasteiger partial charge in [-0.1, -0.05) is 35.9 Å². The summed E-state index contributed by atoms with van der Waals surface area (Å²) in [4.78, 5) is 15.3. The van der Waals surface area contributed by atoms with Crippen LogP contribution in [0.2, 0.25) is 5.02 Å². The smallest absolute Gasteiger partial charge is 0.266 e. The fraction of sp³-hybridized carbons (Fsp3) is 0.312. The van der Waals surface area contributed by atoms with E-state index in [0.717, 1.165) is 17.5 Å². The van der Waals surface area contributed by atoms with Crippen molar-refractivity contribution in [2.75, 3.05) is 13.1 Å². The van der Waals surface area contributed by atoms with Gasteiger partial charge in [-0.3, -0.25) is 4.79 Å². The summed E-state index contributed by atoms with van der Waals surface area (Å²) in [5, 5.41) is 2.49. The molecule has 0 fully saturated rings. The Hall–Kier alpha value is -1.36. The Labute approximate surface area is 133 Å². The average Bonchev–Trinajstić information content (AvgIpc) is 2.85. The van der Waals surface area contributed by atoms with Crippen molar-refractivity contribution in [3.05, 3.63) is 56.2 Å². The molecule has 3 rings (SSSR count). The Morgan fingerprint density at radius 3 is 2.90 bits per heavy atom. The molecule has 5 heteroatoms. The highest BCUT2D eigenvalue weighted by Gasteiger charge is 2.31. The van der Waals surface area contributed by atoms with Gasteiger partial charge in [0.15, 0.2) is 0 Å². The topological polar surface area (TPSA) is 46.3 Å². The number of carbonyl (C=O) groups is 1. The van der Waals surface area contributed by atoms with Crippen molar-refractivity contribution in [3.8, 4) is 0 Å². The van der Waals surface area contributed by atoms with E-state index in [4.69, 9.17) is 17.3 Å². The summed E-state index contributed by atoms with van der Waals surface area (Å²) >= 11 is 7.65. The number of hydrogen-bond acceptors (Lipinski definition) is 3. The lowest BCUT2D eigenvalue weighted by Crippen LogP contribution is -2.43. The first kappa shape index (κ1) is 14.6. The van der Waals surface area contributed by atoms with Gasteiger partial charge in [0, 0.05) is 13.1 Å². The monoisotopic (exact) mass is 320 g/mol. The van der Waals surface area contributed by atoms with Gasteiger partial charge >= 0.3 is 0 Å². The number of fused-ring (bicyclic) bond motifs is 1. The van der Waals surface area contributed by atoms with Crippen LogP contribution in [0.5, 0.6) is 0 Å². The Kier molecular flexibility index (Phi) is 4.02. The molecule has 1 atom stereocenters. The molecule has 1 aromatic heterocycles. The van der Waals surface area contributed by atoms with Gasteiger partial charge in [-0.25, -0.2) is 0 Å². The Bertz CT molecular complexity index is 683. The highest BCUT2D eigenvalue weighted by atomic mass is 35.5. The minimum Gasteiger partial charge on any atom is -0.329 e. The number of carbonyl (C=O) groups excluding carboxylic acids is 1. The molecule has 0 bridgehead atoms. The van der Waals surface area contributed by atoms with Crippen molar-refractivity contribution in [3.63, 3.8) is 0 Å². The van der Waals surface area contributed by atoms with E-state index in [0.29, 0.717) is 23.0 Å². The molecule has 1 aliphatic rings. The highest BCUT2D eigenvalue weighted by molar-refractivity contribution is 7.13.